The van der Waals surface area contributed by atoms with Gasteiger partial charge < -0.3 is 9.84 Å². The van der Waals surface area contributed by atoms with Crippen LogP contribution in [-0.4, -0.2) is 23.7 Å². The molecule has 128 valence electrons. The first-order valence-corrected chi connectivity index (χ1v) is 8.34. The molecule has 1 rings (SSSR count). The van der Waals surface area contributed by atoms with E-state index in [-0.39, 0.29) is 11.5 Å². The third-order valence-corrected chi connectivity index (χ3v) is 3.72. The van der Waals surface area contributed by atoms with Crippen LogP contribution in [0.2, 0.25) is 0 Å². The van der Waals surface area contributed by atoms with Gasteiger partial charge in [-0.3, -0.25) is 0 Å². The van der Waals surface area contributed by atoms with Gasteiger partial charge in [-0.05, 0) is 61.3 Å². The molecule has 0 aliphatic carbocycles. The van der Waals surface area contributed by atoms with Crippen LogP contribution in [0.15, 0.2) is 18.2 Å². The Bertz CT molecular complexity index is 532. The van der Waals surface area contributed by atoms with E-state index in [1.807, 2.05) is 0 Å². The molecule has 0 atom stereocenters. The second-order valence-corrected chi connectivity index (χ2v) is 6.78. The monoisotopic (exact) mass is 320 g/mol. The van der Waals surface area contributed by atoms with Gasteiger partial charge >= 0.3 is 11.9 Å². The van der Waals surface area contributed by atoms with Crippen LogP contribution in [-0.2, 0) is 11.2 Å². The Hall–Kier alpha value is -1.84. The van der Waals surface area contributed by atoms with Gasteiger partial charge in [0, 0.05) is 0 Å². The molecule has 0 radical (unpaired) electrons. The maximum Gasteiger partial charge on any atom is 0.338 e. The maximum atomic E-state index is 12.3. The Morgan fingerprint density at radius 2 is 1.74 bits per heavy atom. The summed E-state index contributed by atoms with van der Waals surface area (Å²) in [5.74, 6) is -0.263. The number of carboxylic acids is 1. The summed E-state index contributed by atoms with van der Waals surface area (Å²) in [6.07, 6.45) is 3.44. The molecular formula is C19H28O4. The lowest BCUT2D eigenvalue weighted by atomic mass is 9.96. The van der Waals surface area contributed by atoms with Crippen molar-refractivity contribution in [2.24, 2.45) is 11.8 Å². The molecule has 23 heavy (non-hydrogen) atoms. The van der Waals surface area contributed by atoms with Crippen LogP contribution < -0.4 is 0 Å². The molecule has 0 heterocycles. The summed E-state index contributed by atoms with van der Waals surface area (Å²) in [5.41, 5.74) is 1.45. The van der Waals surface area contributed by atoms with E-state index in [1.165, 1.54) is 6.07 Å². The average Bonchev–Trinajstić information content (AvgIpc) is 2.48. The first-order chi connectivity index (χ1) is 10.8. The molecule has 0 amide bonds. The van der Waals surface area contributed by atoms with Crippen LogP contribution in [0.4, 0.5) is 0 Å². The highest BCUT2D eigenvalue weighted by Gasteiger charge is 2.16. The molecule has 0 unspecified atom stereocenters. The molecule has 1 aromatic carbocycles. The molecule has 4 heteroatoms. The van der Waals surface area contributed by atoms with Gasteiger partial charge in [-0.15, -0.1) is 0 Å². The number of aromatic carboxylic acids is 1. The van der Waals surface area contributed by atoms with E-state index in [0.717, 1.165) is 24.8 Å². The Morgan fingerprint density at radius 1 is 1.09 bits per heavy atom. The summed E-state index contributed by atoms with van der Waals surface area (Å²) >= 11 is 0. The minimum absolute atomic E-state index is 0.208. The van der Waals surface area contributed by atoms with E-state index < -0.39 is 5.97 Å². The fourth-order valence-electron chi connectivity index (χ4n) is 2.31. The number of aryl methyl sites for hydroxylation is 1. The number of esters is 1. The third-order valence-electron chi connectivity index (χ3n) is 3.72. The Labute approximate surface area is 138 Å². The van der Waals surface area contributed by atoms with E-state index in [2.05, 4.69) is 27.7 Å². The summed E-state index contributed by atoms with van der Waals surface area (Å²) < 4.78 is 5.34. The maximum absolute atomic E-state index is 12.3. The molecule has 0 aromatic heterocycles. The number of rotatable bonds is 9. The number of benzene rings is 1. The minimum atomic E-state index is -0.979. The van der Waals surface area contributed by atoms with E-state index in [1.54, 1.807) is 12.1 Å². The largest absolute Gasteiger partial charge is 0.478 e. The highest BCUT2D eigenvalue weighted by Crippen LogP contribution is 2.18. The van der Waals surface area contributed by atoms with Gasteiger partial charge in [0.05, 0.1) is 17.7 Å². The minimum Gasteiger partial charge on any atom is -0.478 e. The lowest BCUT2D eigenvalue weighted by Crippen LogP contribution is -2.12. The fourth-order valence-corrected chi connectivity index (χ4v) is 2.31. The summed E-state index contributed by atoms with van der Waals surface area (Å²) in [6.45, 7) is 8.88. The zero-order chi connectivity index (χ0) is 17.4. The number of hydrogen-bond donors (Lipinski definition) is 1. The lowest BCUT2D eigenvalue weighted by molar-refractivity contribution is 0.0492. The van der Waals surface area contributed by atoms with E-state index >= 15 is 0 Å². The van der Waals surface area contributed by atoms with Crippen LogP contribution in [0, 0.1) is 11.8 Å². The molecule has 0 aliphatic heterocycles. The van der Waals surface area contributed by atoms with E-state index in [4.69, 9.17) is 9.84 Å². The van der Waals surface area contributed by atoms with Gasteiger partial charge in [-0.2, -0.15) is 0 Å². The van der Waals surface area contributed by atoms with Crippen LogP contribution >= 0.6 is 0 Å². The SMILES string of the molecule is CC(C)CCCOC(=O)c1ccc(C(=O)O)cc1CCC(C)C. The van der Waals surface area contributed by atoms with Crippen molar-refractivity contribution in [2.75, 3.05) is 6.61 Å². The zero-order valence-electron chi connectivity index (χ0n) is 14.6. The van der Waals surface area contributed by atoms with Gasteiger partial charge in [0.15, 0.2) is 0 Å². The molecule has 4 nitrogen and oxygen atoms in total. The van der Waals surface area contributed by atoms with Crippen molar-refractivity contribution in [2.45, 2.75) is 53.4 Å². The van der Waals surface area contributed by atoms with Crippen molar-refractivity contribution in [1.82, 2.24) is 0 Å². The van der Waals surface area contributed by atoms with Crippen LogP contribution in [0.1, 0.15) is 73.2 Å². The van der Waals surface area contributed by atoms with Crippen molar-refractivity contribution >= 4 is 11.9 Å². The molecule has 0 saturated carbocycles. The third kappa shape index (κ3) is 6.85. The summed E-state index contributed by atoms with van der Waals surface area (Å²) in [4.78, 5) is 23.4. The normalized spacial score (nSPS) is 11.0. The predicted molar refractivity (Wildman–Crippen MR) is 90.9 cm³/mol. The molecule has 1 N–H and O–H groups in total. The van der Waals surface area contributed by atoms with Gasteiger partial charge in [-0.1, -0.05) is 27.7 Å². The molecule has 0 fully saturated rings. The van der Waals surface area contributed by atoms with Crippen molar-refractivity contribution < 1.29 is 19.4 Å². The van der Waals surface area contributed by atoms with E-state index in [0.29, 0.717) is 30.4 Å². The van der Waals surface area contributed by atoms with Crippen molar-refractivity contribution in [3.63, 3.8) is 0 Å². The van der Waals surface area contributed by atoms with Crippen molar-refractivity contribution in [1.29, 1.82) is 0 Å². The van der Waals surface area contributed by atoms with Crippen molar-refractivity contribution in [3.8, 4) is 0 Å². The first-order valence-electron chi connectivity index (χ1n) is 8.34. The van der Waals surface area contributed by atoms with Gasteiger partial charge in [0.2, 0.25) is 0 Å². The molecule has 0 aliphatic rings. The van der Waals surface area contributed by atoms with Crippen LogP contribution in [0.5, 0.6) is 0 Å². The average molecular weight is 320 g/mol. The van der Waals surface area contributed by atoms with Gasteiger partial charge in [0.25, 0.3) is 0 Å². The Morgan fingerprint density at radius 3 is 2.30 bits per heavy atom. The quantitative estimate of drug-likeness (QED) is 0.535. The molecule has 0 spiro atoms. The number of carbonyl (C=O) groups excluding carboxylic acids is 1. The standard InChI is InChI=1S/C19H28O4/c1-13(2)6-5-11-23-19(22)17-10-9-16(18(20)21)12-15(17)8-7-14(3)4/h9-10,12-14H,5-8,11H2,1-4H3,(H,20,21). The second kappa shape index (κ2) is 9.33. The Balaban J connectivity index is 2.81. The van der Waals surface area contributed by atoms with Gasteiger partial charge in [-0.25, -0.2) is 9.59 Å². The number of ether oxygens (including phenoxy) is 1. The second-order valence-electron chi connectivity index (χ2n) is 6.78. The number of hydrogen-bond acceptors (Lipinski definition) is 3. The number of carbonyl (C=O) groups is 2. The van der Waals surface area contributed by atoms with Crippen LogP contribution in [0.25, 0.3) is 0 Å². The predicted octanol–water partition coefficient (Wildman–Crippen LogP) is 4.57. The molecule has 0 saturated heterocycles. The Kier molecular flexibility index (Phi) is 7.79. The van der Waals surface area contributed by atoms with Crippen LogP contribution in [0.3, 0.4) is 0 Å². The highest BCUT2D eigenvalue weighted by atomic mass is 16.5. The fraction of sp³-hybridized carbons (Fsp3) is 0.579. The topological polar surface area (TPSA) is 63.6 Å². The summed E-state index contributed by atoms with van der Waals surface area (Å²) in [5, 5.41) is 9.13. The van der Waals surface area contributed by atoms with Gasteiger partial charge in [0.1, 0.15) is 0 Å². The lowest BCUT2D eigenvalue weighted by Gasteiger charge is -2.12. The zero-order valence-corrected chi connectivity index (χ0v) is 14.6. The smallest absolute Gasteiger partial charge is 0.338 e. The molecule has 1 aromatic rings. The van der Waals surface area contributed by atoms with E-state index in [9.17, 15) is 9.59 Å². The first kappa shape index (κ1) is 19.2. The highest BCUT2D eigenvalue weighted by molar-refractivity contribution is 5.94. The number of carboxylic acid groups (broad SMARTS) is 1. The molecule has 0 bridgehead atoms. The summed E-state index contributed by atoms with van der Waals surface area (Å²) in [7, 11) is 0. The molecular weight excluding hydrogens is 292 g/mol. The summed E-state index contributed by atoms with van der Waals surface area (Å²) in [6, 6.07) is 4.63. The van der Waals surface area contributed by atoms with Crippen molar-refractivity contribution in [3.05, 3.63) is 34.9 Å².